The average molecular weight is 195 g/mol. The van der Waals surface area contributed by atoms with Crippen molar-refractivity contribution in [3.8, 4) is 0 Å². The van der Waals surface area contributed by atoms with Crippen molar-refractivity contribution in [3.63, 3.8) is 0 Å². The van der Waals surface area contributed by atoms with Crippen molar-refractivity contribution in [3.05, 3.63) is 18.0 Å². The van der Waals surface area contributed by atoms with Crippen LogP contribution < -0.4 is 5.73 Å². The molecule has 0 aliphatic carbocycles. The number of ether oxygens (including phenoxy) is 1. The SMILES string of the molecule is Cn1nccc1C(N)CC1CCCO1. The lowest BCUT2D eigenvalue weighted by molar-refractivity contribution is 0.0976. The molecule has 2 N–H and O–H groups in total. The van der Waals surface area contributed by atoms with E-state index < -0.39 is 0 Å². The van der Waals surface area contributed by atoms with Crippen LogP contribution in [0, 0.1) is 0 Å². The number of aromatic nitrogens is 2. The van der Waals surface area contributed by atoms with Crippen LogP contribution in [0.5, 0.6) is 0 Å². The van der Waals surface area contributed by atoms with Crippen LogP contribution in [0.3, 0.4) is 0 Å². The highest BCUT2D eigenvalue weighted by molar-refractivity contribution is 5.06. The third kappa shape index (κ3) is 1.96. The Morgan fingerprint density at radius 2 is 2.64 bits per heavy atom. The Morgan fingerprint density at radius 3 is 3.21 bits per heavy atom. The number of aryl methyl sites for hydroxylation is 1. The van der Waals surface area contributed by atoms with Gasteiger partial charge in [-0.2, -0.15) is 5.10 Å². The van der Waals surface area contributed by atoms with E-state index in [1.165, 1.54) is 6.42 Å². The van der Waals surface area contributed by atoms with Gasteiger partial charge in [0.05, 0.1) is 11.8 Å². The molecule has 4 nitrogen and oxygen atoms in total. The highest BCUT2D eigenvalue weighted by Crippen LogP contribution is 2.22. The van der Waals surface area contributed by atoms with Crippen molar-refractivity contribution in [2.24, 2.45) is 12.8 Å². The molecule has 0 saturated carbocycles. The van der Waals surface area contributed by atoms with Gasteiger partial charge in [0.2, 0.25) is 0 Å². The predicted molar refractivity (Wildman–Crippen MR) is 53.7 cm³/mol. The van der Waals surface area contributed by atoms with E-state index in [4.69, 9.17) is 10.5 Å². The van der Waals surface area contributed by atoms with Crippen LogP contribution in [-0.4, -0.2) is 22.5 Å². The van der Waals surface area contributed by atoms with E-state index in [1.807, 2.05) is 17.8 Å². The zero-order valence-electron chi connectivity index (χ0n) is 8.52. The summed E-state index contributed by atoms with van der Waals surface area (Å²) >= 11 is 0. The van der Waals surface area contributed by atoms with Crippen molar-refractivity contribution in [2.45, 2.75) is 31.4 Å². The first-order valence-electron chi connectivity index (χ1n) is 5.12. The lowest BCUT2D eigenvalue weighted by atomic mass is 10.1. The number of hydrogen-bond donors (Lipinski definition) is 1. The largest absolute Gasteiger partial charge is 0.378 e. The first kappa shape index (κ1) is 9.68. The van der Waals surface area contributed by atoms with E-state index in [2.05, 4.69) is 5.10 Å². The van der Waals surface area contributed by atoms with Gasteiger partial charge in [0.15, 0.2) is 0 Å². The van der Waals surface area contributed by atoms with Crippen LogP contribution in [0.4, 0.5) is 0 Å². The van der Waals surface area contributed by atoms with Crippen LogP contribution in [0.15, 0.2) is 12.3 Å². The van der Waals surface area contributed by atoms with Gasteiger partial charge < -0.3 is 10.5 Å². The van der Waals surface area contributed by atoms with Crippen molar-refractivity contribution < 1.29 is 4.74 Å². The fourth-order valence-electron chi connectivity index (χ4n) is 1.98. The first-order valence-corrected chi connectivity index (χ1v) is 5.12. The van der Waals surface area contributed by atoms with Crippen LogP contribution >= 0.6 is 0 Å². The fourth-order valence-corrected chi connectivity index (χ4v) is 1.98. The minimum Gasteiger partial charge on any atom is -0.378 e. The maximum atomic E-state index is 6.08. The quantitative estimate of drug-likeness (QED) is 0.782. The molecule has 2 unspecified atom stereocenters. The molecule has 2 rings (SSSR count). The topological polar surface area (TPSA) is 53.1 Å². The molecular weight excluding hydrogens is 178 g/mol. The van der Waals surface area contributed by atoms with E-state index in [9.17, 15) is 0 Å². The molecule has 0 amide bonds. The van der Waals surface area contributed by atoms with Gasteiger partial charge >= 0.3 is 0 Å². The maximum Gasteiger partial charge on any atom is 0.0594 e. The summed E-state index contributed by atoms with van der Waals surface area (Å²) in [5.41, 5.74) is 7.16. The smallest absolute Gasteiger partial charge is 0.0594 e. The summed E-state index contributed by atoms with van der Waals surface area (Å²) in [4.78, 5) is 0. The second-order valence-corrected chi connectivity index (χ2v) is 3.86. The lowest BCUT2D eigenvalue weighted by Crippen LogP contribution is -2.20. The first-order chi connectivity index (χ1) is 6.77. The summed E-state index contributed by atoms with van der Waals surface area (Å²) in [5, 5.41) is 4.11. The van der Waals surface area contributed by atoms with Gasteiger partial charge in [-0.05, 0) is 25.3 Å². The third-order valence-corrected chi connectivity index (χ3v) is 2.78. The summed E-state index contributed by atoms with van der Waals surface area (Å²) in [5.74, 6) is 0. The van der Waals surface area contributed by atoms with Crippen LogP contribution in [0.1, 0.15) is 31.0 Å². The highest BCUT2D eigenvalue weighted by atomic mass is 16.5. The molecule has 2 heterocycles. The van der Waals surface area contributed by atoms with Crippen LogP contribution in [0.2, 0.25) is 0 Å². The Labute approximate surface area is 84.0 Å². The molecule has 0 radical (unpaired) electrons. The standard InChI is InChI=1S/C10H17N3O/c1-13-10(4-5-12-13)9(11)7-8-3-2-6-14-8/h4-5,8-9H,2-3,6-7,11H2,1H3. The van der Waals surface area contributed by atoms with Gasteiger partial charge in [-0.3, -0.25) is 4.68 Å². The molecule has 1 aromatic rings. The molecule has 1 aliphatic heterocycles. The second-order valence-electron chi connectivity index (χ2n) is 3.86. The highest BCUT2D eigenvalue weighted by Gasteiger charge is 2.20. The molecule has 1 aliphatic rings. The van der Waals surface area contributed by atoms with Gasteiger partial charge in [-0.25, -0.2) is 0 Å². The lowest BCUT2D eigenvalue weighted by Gasteiger charge is -2.16. The van der Waals surface area contributed by atoms with Crippen molar-refractivity contribution in [1.82, 2.24) is 9.78 Å². The fraction of sp³-hybridized carbons (Fsp3) is 0.700. The normalized spacial score (nSPS) is 24.0. The van der Waals surface area contributed by atoms with Gasteiger partial charge in [-0.15, -0.1) is 0 Å². The molecule has 1 fully saturated rings. The molecule has 2 atom stereocenters. The third-order valence-electron chi connectivity index (χ3n) is 2.78. The zero-order chi connectivity index (χ0) is 9.97. The van der Waals surface area contributed by atoms with Gasteiger partial charge in [0.1, 0.15) is 0 Å². The van der Waals surface area contributed by atoms with Crippen molar-refractivity contribution in [1.29, 1.82) is 0 Å². The monoisotopic (exact) mass is 195 g/mol. The minimum atomic E-state index is 0.0469. The predicted octanol–water partition coefficient (Wildman–Crippen LogP) is 0.989. The van der Waals surface area contributed by atoms with E-state index >= 15 is 0 Å². The summed E-state index contributed by atoms with van der Waals surface area (Å²) in [6.07, 6.45) is 5.35. The zero-order valence-corrected chi connectivity index (χ0v) is 8.52. The van der Waals surface area contributed by atoms with Gasteiger partial charge in [0, 0.05) is 25.9 Å². The molecule has 1 aromatic heterocycles. The molecule has 14 heavy (non-hydrogen) atoms. The number of nitrogens with zero attached hydrogens (tertiary/aromatic N) is 2. The Morgan fingerprint density at radius 1 is 1.79 bits per heavy atom. The molecule has 0 aromatic carbocycles. The average Bonchev–Trinajstić information content (AvgIpc) is 2.75. The number of nitrogens with two attached hydrogens (primary N) is 1. The van der Waals surface area contributed by atoms with Crippen LogP contribution in [-0.2, 0) is 11.8 Å². The van der Waals surface area contributed by atoms with Crippen molar-refractivity contribution in [2.75, 3.05) is 6.61 Å². The molecule has 4 heteroatoms. The van der Waals surface area contributed by atoms with Gasteiger partial charge in [-0.1, -0.05) is 0 Å². The van der Waals surface area contributed by atoms with E-state index in [1.54, 1.807) is 6.20 Å². The Bertz CT molecular complexity index is 291. The second kappa shape index (κ2) is 4.11. The molecular formula is C10H17N3O. The summed E-state index contributed by atoms with van der Waals surface area (Å²) in [7, 11) is 1.92. The Hall–Kier alpha value is -0.870. The van der Waals surface area contributed by atoms with Gasteiger partial charge in [0.25, 0.3) is 0 Å². The summed E-state index contributed by atoms with van der Waals surface area (Å²) in [6.45, 7) is 0.892. The minimum absolute atomic E-state index is 0.0469. The maximum absolute atomic E-state index is 6.08. The molecule has 0 spiro atoms. The Kier molecular flexibility index (Phi) is 2.84. The molecule has 0 bridgehead atoms. The van der Waals surface area contributed by atoms with Crippen molar-refractivity contribution >= 4 is 0 Å². The molecule has 78 valence electrons. The summed E-state index contributed by atoms with van der Waals surface area (Å²) < 4.78 is 7.38. The molecule has 1 saturated heterocycles. The van der Waals surface area contributed by atoms with E-state index in [-0.39, 0.29) is 6.04 Å². The Balaban J connectivity index is 1.95. The number of hydrogen-bond acceptors (Lipinski definition) is 3. The van der Waals surface area contributed by atoms with E-state index in [0.717, 1.165) is 25.1 Å². The van der Waals surface area contributed by atoms with E-state index in [0.29, 0.717) is 6.10 Å². The number of rotatable bonds is 3. The van der Waals surface area contributed by atoms with Crippen LogP contribution in [0.25, 0.3) is 0 Å². The summed E-state index contributed by atoms with van der Waals surface area (Å²) in [6, 6.07) is 2.02.